The Morgan fingerprint density at radius 3 is 1.98 bits per heavy atom. The second kappa shape index (κ2) is 12.2. The van der Waals surface area contributed by atoms with Gasteiger partial charge in [-0.3, -0.25) is 4.79 Å². The molecule has 0 aliphatic rings. The minimum Gasteiger partial charge on any atom is -0.481 e. The number of aliphatic hydroxyl groups is 1. The van der Waals surface area contributed by atoms with Crippen molar-refractivity contribution in [2.45, 2.75) is 104 Å². The number of hydrogen-bond acceptors (Lipinski definition) is 9. The van der Waals surface area contributed by atoms with E-state index in [-0.39, 0.29) is 18.5 Å². The molecule has 1 heterocycles. The van der Waals surface area contributed by atoms with Gasteiger partial charge in [0.15, 0.2) is 0 Å². The first-order valence-corrected chi connectivity index (χ1v) is 12.9. The molecule has 222 valence electrons. The lowest BCUT2D eigenvalue weighted by Crippen LogP contribution is -2.48. The smallest absolute Gasteiger partial charge is 0.419 e. The number of anilines is 1. The Bertz CT molecular complexity index is 1250. The van der Waals surface area contributed by atoms with Crippen molar-refractivity contribution in [1.82, 2.24) is 9.88 Å². The van der Waals surface area contributed by atoms with Crippen LogP contribution >= 0.6 is 0 Å². The van der Waals surface area contributed by atoms with Crippen LogP contribution in [-0.4, -0.2) is 68.0 Å². The zero-order chi connectivity index (χ0) is 30.6. The van der Waals surface area contributed by atoms with E-state index in [0.717, 1.165) is 4.57 Å². The Hall–Kier alpha value is -3.80. The molecule has 0 fully saturated rings. The van der Waals surface area contributed by atoms with Crippen LogP contribution in [0.3, 0.4) is 0 Å². The number of carboxylic acid groups (broad SMARTS) is 1. The van der Waals surface area contributed by atoms with Crippen LogP contribution < -0.4 is 10.6 Å². The fourth-order valence-corrected chi connectivity index (χ4v) is 3.61. The summed E-state index contributed by atoms with van der Waals surface area (Å²) < 4.78 is 17.4. The van der Waals surface area contributed by atoms with Crippen LogP contribution in [0.1, 0.15) is 85.6 Å². The number of carbonyl (C=O) groups excluding carboxylic acids is 3. The van der Waals surface area contributed by atoms with Crippen LogP contribution in [0.4, 0.5) is 15.3 Å². The highest BCUT2D eigenvalue weighted by Crippen LogP contribution is 2.27. The van der Waals surface area contributed by atoms with E-state index in [1.54, 1.807) is 80.5 Å². The van der Waals surface area contributed by atoms with Gasteiger partial charge in [0.2, 0.25) is 0 Å². The van der Waals surface area contributed by atoms with Crippen molar-refractivity contribution in [3.8, 4) is 0 Å². The van der Waals surface area contributed by atoms with Crippen LogP contribution in [0.2, 0.25) is 0 Å². The molecule has 4 N–H and O–H groups in total. The van der Waals surface area contributed by atoms with Crippen molar-refractivity contribution in [2.24, 2.45) is 0 Å². The molecular formula is C28H41N3O9. The molecule has 0 aliphatic heterocycles. The van der Waals surface area contributed by atoms with Gasteiger partial charge in [0, 0.05) is 17.5 Å². The van der Waals surface area contributed by atoms with Crippen molar-refractivity contribution in [2.75, 3.05) is 5.32 Å². The third-order valence-electron chi connectivity index (χ3n) is 5.05. The molecule has 0 spiro atoms. The van der Waals surface area contributed by atoms with Gasteiger partial charge in [-0.15, -0.1) is 0 Å². The first kappa shape index (κ1) is 32.4. The number of aliphatic carboxylic acids is 1. The van der Waals surface area contributed by atoms with Gasteiger partial charge in [0.1, 0.15) is 28.7 Å². The second-order valence-corrected chi connectivity index (χ2v) is 12.4. The first-order chi connectivity index (χ1) is 18.1. The minimum absolute atomic E-state index is 0.0391. The molecule has 2 aromatic rings. The van der Waals surface area contributed by atoms with Crippen LogP contribution in [0.15, 0.2) is 24.3 Å². The average Bonchev–Trinajstić information content (AvgIpc) is 3.12. The summed E-state index contributed by atoms with van der Waals surface area (Å²) in [5, 5.41) is 25.8. The highest BCUT2D eigenvalue weighted by molar-refractivity contribution is 6.02. The molecule has 1 aromatic heterocycles. The van der Waals surface area contributed by atoms with Gasteiger partial charge in [-0.05, 0) is 93.0 Å². The number of benzene rings is 1. The number of alkyl carbamates (subject to hydrolysis) is 1. The zero-order valence-electron chi connectivity index (χ0n) is 24.6. The van der Waals surface area contributed by atoms with E-state index in [4.69, 9.17) is 19.3 Å². The molecule has 2 rings (SSSR count). The largest absolute Gasteiger partial charge is 0.481 e. The van der Waals surface area contributed by atoms with Crippen molar-refractivity contribution >= 4 is 40.7 Å². The molecule has 12 nitrogen and oxygen atoms in total. The Labute approximate surface area is 234 Å². The highest BCUT2D eigenvalue weighted by atomic mass is 16.6. The van der Waals surface area contributed by atoms with E-state index in [2.05, 4.69) is 10.6 Å². The van der Waals surface area contributed by atoms with Crippen LogP contribution in [0.5, 0.6) is 0 Å². The topological polar surface area (TPSA) is 165 Å². The highest BCUT2D eigenvalue weighted by Gasteiger charge is 2.29. The molecule has 2 atom stereocenters. The standard InChI is InChI=1S/C28H41N3O9/c1-26(2,3)38-23(35)20-15-16-14-17(10-12-19(16)31(20)25(37)40-28(7,8)9)29-22(34)18(11-13-21(32)33)30-24(36)39-27(4,5)6/h10,12,14-15,18,22,29,34H,11,13H2,1-9H3,(H,30,36)(H,32,33)/t18-,22-/m0/s1. The zero-order valence-corrected chi connectivity index (χ0v) is 24.6. The van der Waals surface area contributed by atoms with Gasteiger partial charge in [0.05, 0.1) is 11.6 Å². The number of hydrogen-bond donors (Lipinski definition) is 4. The summed E-state index contributed by atoms with van der Waals surface area (Å²) >= 11 is 0. The number of nitrogens with one attached hydrogen (secondary N) is 2. The van der Waals surface area contributed by atoms with E-state index in [1.807, 2.05) is 0 Å². The minimum atomic E-state index is -1.40. The Kier molecular flexibility index (Phi) is 9.85. The number of fused-ring (bicyclic) bond motifs is 1. The molecule has 1 amide bonds. The number of aromatic nitrogens is 1. The summed E-state index contributed by atoms with van der Waals surface area (Å²) in [6.45, 7) is 15.3. The summed E-state index contributed by atoms with van der Waals surface area (Å²) in [4.78, 5) is 49.5. The third kappa shape index (κ3) is 10.1. The maximum Gasteiger partial charge on any atom is 0.419 e. The number of carboxylic acids is 1. The second-order valence-electron chi connectivity index (χ2n) is 12.4. The first-order valence-electron chi connectivity index (χ1n) is 12.9. The maximum absolute atomic E-state index is 13.1. The number of carbonyl (C=O) groups is 4. The summed E-state index contributed by atoms with van der Waals surface area (Å²) in [6.07, 6.45) is -3.36. The van der Waals surface area contributed by atoms with Crippen molar-refractivity contribution in [3.63, 3.8) is 0 Å². The fraction of sp³-hybridized carbons (Fsp3) is 0.571. The van der Waals surface area contributed by atoms with Crippen molar-refractivity contribution in [1.29, 1.82) is 0 Å². The number of esters is 1. The van der Waals surface area contributed by atoms with E-state index in [1.165, 1.54) is 6.07 Å². The summed E-state index contributed by atoms with van der Waals surface area (Å²) in [5.41, 5.74) is -1.72. The lowest BCUT2D eigenvalue weighted by atomic mass is 10.1. The molecule has 0 unspecified atom stereocenters. The third-order valence-corrected chi connectivity index (χ3v) is 5.05. The number of rotatable bonds is 8. The fourth-order valence-electron chi connectivity index (χ4n) is 3.61. The average molecular weight is 564 g/mol. The van der Waals surface area contributed by atoms with E-state index >= 15 is 0 Å². The molecule has 0 radical (unpaired) electrons. The monoisotopic (exact) mass is 563 g/mol. The van der Waals surface area contributed by atoms with Gasteiger partial charge >= 0.3 is 24.1 Å². The number of ether oxygens (including phenoxy) is 3. The Morgan fingerprint density at radius 1 is 0.875 bits per heavy atom. The SMILES string of the molecule is CC(C)(C)OC(=O)N[C@@H](CCC(=O)O)[C@H](O)Nc1ccc2c(c1)cc(C(=O)OC(C)(C)C)n2C(=O)OC(C)(C)C. The number of amides is 1. The van der Waals surface area contributed by atoms with Crippen LogP contribution in [-0.2, 0) is 19.0 Å². The number of nitrogens with zero attached hydrogens (tertiary/aromatic N) is 1. The van der Waals surface area contributed by atoms with Gasteiger partial charge in [-0.25, -0.2) is 19.0 Å². The van der Waals surface area contributed by atoms with Crippen LogP contribution in [0.25, 0.3) is 10.9 Å². The number of aliphatic hydroxyl groups excluding tert-OH is 1. The predicted octanol–water partition coefficient (Wildman–Crippen LogP) is 4.87. The van der Waals surface area contributed by atoms with Gasteiger partial charge in [-0.1, -0.05) is 0 Å². The summed E-state index contributed by atoms with van der Waals surface area (Å²) in [5.74, 6) is -1.82. The Balaban J connectivity index is 2.42. The molecule has 0 saturated carbocycles. The van der Waals surface area contributed by atoms with E-state index in [0.29, 0.717) is 16.6 Å². The van der Waals surface area contributed by atoms with E-state index < -0.39 is 53.2 Å². The summed E-state index contributed by atoms with van der Waals surface area (Å²) in [7, 11) is 0. The molecule has 12 heteroatoms. The molecule has 0 bridgehead atoms. The molecule has 0 aliphatic carbocycles. The molecule has 1 aromatic carbocycles. The van der Waals surface area contributed by atoms with Gasteiger partial charge in [-0.2, -0.15) is 0 Å². The molecular weight excluding hydrogens is 522 g/mol. The van der Waals surface area contributed by atoms with E-state index in [9.17, 15) is 24.3 Å². The van der Waals surface area contributed by atoms with Crippen molar-refractivity contribution < 1.29 is 43.6 Å². The lowest BCUT2D eigenvalue weighted by molar-refractivity contribution is -0.137. The normalized spacial score (nSPS) is 13.8. The lowest BCUT2D eigenvalue weighted by Gasteiger charge is -2.27. The van der Waals surface area contributed by atoms with Crippen molar-refractivity contribution in [3.05, 3.63) is 30.0 Å². The quantitative estimate of drug-likeness (QED) is 0.198. The maximum atomic E-state index is 13.1. The predicted molar refractivity (Wildman–Crippen MR) is 148 cm³/mol. The summed E-state index contributed by atoms with van der Waals surface area (Å²) in [6, 6.07) is 5.19. The molecule has 40 heavy (non-hydrogen) atoms. The molecule has 0 saturated heterocycles. The van der Waals surface area contributed by atoms with Crippen LogP contribution in [0, 0.1) is 0 Å². The van der Waals surface area contributed by atoms with Gasteiger partial charge < -0.3 is 35.1 Å². The van der Waals surface area contributed by atoms with Gasteiger partial charge in [0.25, 0.3) is 0 Å². The Morgan fingerprint density at radius 2 is 1.45 bits per heavy atom.